The third-order valence-corrected chi connectivity index (χ3v) is 3.30. The summed E-state index contributed by atoms with van der Waals surface area (Å²) in [4.78, 5) is 27.2. The summed E-state index contributed by atoms with van der Waals surface area (Å²) in [5.41, 5.74) is 5.72. The number of hydrogen-bond acceptors (Lipinski definition) is 3. The Morgan fingerprint density at radius 1 is 1.28 bits per heavy atom. The molecule has 0 saturated carbocycles. The van der Waals surface area contributed by atoms with Gasteiger partial charge in [-0.15, -0.1) is 0 Å². The van der Waals surface area contributed by atoms with Crippen LogP contribution < -0.4 is 5.73 Å². The Labute approximate surface area is 109 Å². The van der Waals surface area contributed by atoms with Crippen molar-refractivity contribution in [1.82, 2.24) is 9.80 Å². The lowest BCUT2D eigenvalue weighted by Crippen LogP contribution is -2.42. The van der Waals surface area contributed by atoms with Crippen LogP contribution in [-0.2, 0) is 9.59 Å². The molecule has 2 atom stereocenters. The highest BCUT2D eigenvalue weighted by atomic mass is 16.2. The smallest absolute Gasteiger partial charge is 0.242 e. The van der Waals surface area contributed by atoms with Crippen molar-refractivity contribution in [3.63, 3.8) is 0 Å². The molecule has 1 aliphatic carbocycles. The molecule has 0 aliphatic heterocycles. The fourth-order valence-corrected chi connectivity index (χ4v) is 2.15. The Balaban J connectivity index is 2.50. The second-order valence-electron chi connectivity index (χ2n) is 4.65. The Morgan fingerprint density at radius 3 is 2.33 bits per heavy atom. The van der Waals surface area contributed by atoms with Gasteiger partial charge in [0.05, 0.1) is 12.5 Å². The third-order valence-electron chi connectivity index (χ3n) is 3.30. The van der Waals surface area contributed by atoms with E-state index in [1.54, 1.807) is 11.9 Å². The molecular weight excluding hydrogens is 230 g/mol. The van der Waals surface area contributed by atoms with Crippen LogP contribution in [0.25, 0.3) is 0 Å². The first-order valence-electron chi connectivity index (χ1n) is 6.46. The summed E-state index contributed by atoms with van der Waals surface area (Å²) in [5, 5.41) is 0. The fraction of sp³-hybridized carbons (Fsp3) is 0.692. The number of nitrogens with zero attached hydrogens (tertiary/aromatic N) is 2. The normalized spacial score (nSPS) is 22.0. The largest absolute Gasteiger partial charge is 0.342 e. The minimum atomic E-state index is -0.172. The predicted octanol–water partition coefficient (Wildman–Crippen LogP) is 0.217. The highest BCUT2D eigenvalue weighted by Gasteiger charge is 2.26. The van der Waals surface area contributed by atoms with Crippen LogP contribution in [-0.4, -0.2) is 54.3 Å². The van der Waals surface area contributed by atoms with Gasteiger partial charge in [-0.25, -0.2) is 0 Å². The number of likely N-dealkylation sites (N-methyl/N-ethyl adjacent to an activating group) is 2. The number of carbonyl (C=O) groups is 2. The van der Waals surface area contributed by atoms with Crippen molar-refractivity contribution in [2.75, 3.05) is 26.7 Å². The van der Waals surface area contributed by atoms with Crippen LogP contribution >= 0.6 is 0 Å². The zero-order valence-electron chi connectivity index (χ0n) is 11.4. The van der Waals surface area contributed by atoms with Gasteiger partial charge in [0.1, 0.15) is 0 Å². The fourth-order valence-electron chi connectivity index (χ4n) is 2.15. The number of amides is 2. The maximum atomic E-state index is 12.1. The minimum Gasteiger partial charge on any atom is -0.342 e. The van der Waals surface area contributed by atoms with Crippen molar-refractivity contribution in [3.05, 3.63) is 12.2 Å². The first kappa shape index (κ1) is 14.7. The van der Waals surface area contributed by atoms with E-state index in [1.165, 1.54) is 4.90 Å². The molecule has 5 nitrogen and oxygen atoms in total. The molecule has 0 aromatic heterocycles. The lowest BCUT2D eigenvalue weighted by Gasteiger charge is -2.24. The molecule has 0 saturated heterocycles. The van der Waals surface area contributed by atoms with Crippen LogP contribution in [0, 0.1) is 5.92 Å². The maximum absolute atomic E-state index is 12.1. The number of nitrogens with two attached hydrogens (primary N) is 1. The quantitative estimate of drug-likeness (QED) is 0.713. The molecule has 2 unspecified atom stereocenters. The van der Waals surface area contributed by atoms with Crippen LogP contribution in [0.1, 0.15) is 20.3 Å². The third kappa shape index (κ3) is 3.57. The van der Waals surface area contributed by atoms with Crippen LogP contribution in [0.3, 0.4) is 0 Å². The van der Waals surface area contributed by atoms with Crippen molar-refractivity contribution >= 4 is 11.8 Å². The van der Waals surface area contributed by atoms with Crippen molar-refractivity contribution < 1.29 is 9.59 Å². The Morgan fingerprint density at radius 2 is 1.89 bits per heavy atom. The summed E-state index contributed by atoms with van der Waals surface area (Å²) in [6.07, 6.45) is 4.33. The molecule has 1 aliphatic rings. The molecule has 1 rings (SSSR count). The van der Waals surface area contributed by atoms with Gasteiger partial charge in [0.2, 0.25) is 11.8 Å². The SMILES string of the molecule is CCN(CC)C(=O)CN(C)C(=O)C1C=CC(N)C1. The van der Waals surface area contributed by atoms with Gasteiger partial charge >= 0.3 is 0 Å². The van der Waals surface area contributed by atoms with E-state index in [9.17, 15) is 9.59 Å². The summed E-state index contributed by atoms with van der Waals surface area (Å²) in [7, 11) is 1.67. The lowest BCUT2D eigenvalue weighted by atomic mass is 10.1. The Hall–Kier alpha value is -1.36. The van der Waals surface area contributed by atoms with Crippen LogP contribution in [0.4, 0.5) is 0 Å². The van der Waals surface area contributed by atoms with Gasteiger partial charge in [0, 0.05) is 26.2 Å². The van der Waals surface area contributed by atoms with Gasteiger partial charge in [-0.3, -0.25) is 9.59 Å². The summed E-state index contributed by atoms with van der Waals surface area (Å²) < 4.78 is 0. The molecular formula is C13H23N3O2. The van der Waals surface area contributed by atoms with E-state index < -0.39 is 0 Å². The first-order chi connectivity index (χ1) is 8.49. The van der Waals surface area contributed by atoms with Gasteiger partial charge in [-0.05, 0) is 20.3 Å². The monoisotopic (exact) mass is 253 g/mol. The van der Waals surface area contributed by atoms with Crippen molar-refractivity contribution in [1.29, 1.82) is 0 Å². The summed E-state index contributed by atoms with van der Waals surface area (Å²) in [6, 6.07) is -0.0363. The molecule has 0 aromatic rings. The molecule has 0 fully saturated rings. The van der Waals surface area contributed by atoms with Crippen LogP contribution in [0.5, 0.6) is 0 Å². The molecule has 2 N–H and O–H groups in total. The predicted molar refractivity (Wildman–Crippen MR) is 70.8 cm³/mol. The standard InChI is InChI=1S/C13H23N3O2/c1-4-16(5-2)12(17)9-15(3)13(18)10-6-7-11(14)8-10/h6-7,10-11H,4-5,8-9,14H2,1-3H3. The summed E-state index contributed by atoms with van der Waals surface area (Å²) in [5.74, 6) is -0.212. The first-order valence-corrected chi connectivity index (χ1v) is 6.46. The zero-order chi connectivity index (χ0) is 13.7. The molecule has 0 aromatic carbocycles. The molecule has 0 heterocycles. The van der Waals surface area contributed by atoms with Crippen molar-refractivity contribution in [2.45, 2.75) is 26.3 Å². The van der Waals surface area contributed by atoms with E-state index in [4.69, 9.17) is 5.73 Å². The van der Waals surface area contributed by atoms with Gasteiger partial charge in [0.25, 0.3) is 0 Å². The van der Waals surface area contributed by atoms with Crippen LogP contribution in [0.15, 0.2) is 12.2 Å². The highest BCUT2D eigenvalue weighted by Crippen LogP contribution is 2.18. The Kier molecular flexibility index (Phi) is 5.34. The minimum absolute atomic E-state index is 0.0119. The molecule has 0 radical (unpaired) electrons. The average Bonchev–Trinajstić information content (AvgIpc) is 2.76. The van der Waals surface area contributed by atoms with E-state index in [-0.39, 0.29) is 30.3 Å². The van der Waals surface area contributed by atoms with Crippen molar-refractivity contribution in [2.24, 2.45) is 11.7 Å². The summed E-state index contributed by atoms with van der Waals surface area (Å²) >= 11 is 0. The molecule has 18 heavy (non-hydrogen) atoms. The second kappa shape index (κ2) is 6.54. The van der Waals surface area contributed by atoms with E-state index in [1.807, 2.05) is 26.0 Å². The molecule has 102 valence electrons. The van der Waals surface area contributed by atoms with E-state index >= 15 is 0 Å². The van der Waals surface area contributed by atoms with Gasteiger partial charge in [-0.2, -0.15) is 0 Å². The molecule has 2 amide bonds. The van der Waals surface area contributed by atoms with Gasteiger partial charge in [-0.1, -0.05) is 12.2 Å². The summed E-state index contributed by atoms with van der Waals surface area (Å²) in [6.45, 7) is 5.35. The van der Waals surface area contributed by atoms with E-state index in [2.05, 4.69) is 0 Å². The highest BCUT2D eigenvalue weighted by molar-refractivity contribution is 5.86. The number of hydrogen-bond donors (Lipinski definition) is 1. The number of rotatable bonds is 5. The van der Waals surface area contributed by atoms with Crippen molar-refractivity contribution in [3.8, 4) is 0 Å². The second-order valence-corrected chi connectivity index (χ2v) is 4.65. The van der Waals surface area contributed by atoms with Gasteiger partial charge < -0.3 is 15.5 Å². The molecule has 0 bridgehead atoms. The topological polar surface area (TPSA) is 66.6 Å². The zero-order valence-corrected chi connectivity index (χ0v) is 11.4. The molecule has 5 heteroatoms. The average molecular weight is 253 g/mol. The van der Waals surface area contributed by atoms with E-state index in [0.29, 0.717) is 19.5 Å². The molecule has 0 spiro atoms. The van der Waals surface area contributed by atoms with E-state index in [0.717, 1.165) is 0 Å². The Bertz CT molecular complexity index is 337. The lowest BCUT2D eigenvalue weighted by molar-refractivity contribution is -0.140. The number of carbonyl (C=O) groups excluding carboxylic acids is 2. The maximum Gasteiger partial charge on any atom is 0.242 e. The van der Waals surface area contributed by atoms with Crippen LogP contribution in [0.2, 0.25) is 0 Å². The van der Waals surface area contributed by atoms with Gasteiger partial charge in [0.15, 0.2) is 0 Å².